The van der Waals surface area contributed by atoms with Gasteiger partial charge in [-0.1, -0.05) is 25.1 Å². The number of hydrogen-bond donors (Lipinski definition) is 1. The fraction of sp³-hybridized carbons (Fsp3) is 0.333. The molecular weight excluding hydrogens is 351 g/mol. The van der Waals surface area contributed by atoms with Crippen LogP contribution in [0.15, 0.2) is 48.7 Å². The molecule has 1 aromatic carbocycles. The topological polar surface area (TPSA) is 41.1 Å². The van der Waals surface area contributed by atoms with Gasteiger partial charge in [-0.3, -0.25) is 4.90 Å². The van der Waals surface area contributed by atoms with Crippen molar-refractivity contribution in [3.05, 3.63) is 54.2 Å². The second kappa shape index (κ2) is 8.23. The Labute approximate surface area is 166 Å². The van der Waals surface area contributed by atoms with Gasteiger partial charge < -0.3 is 5.32 Å². The number of thiophene rings is 1. The van der Waals surface area contributed by atoms with Crippen LogP contribution in [-0.4, -0.2) is 35.8 Å². The van der Waals surface area contributed by atoms with Gasteiger partial charge in [0.05, 0.1) is 10.6 Å². The Morgan fingerprint density at radius 3 is 2.81 bits per heavy atom. The molecule has 3 aromatic rings. The molecule has 2 aromatic heterocycles. The minimum absolute atomic E-state index is 0.600. The molecule has 27 heavy (non-hydrogen) atoms. The summed E-state index contributed by atoms with van der Waals surface area (Å²) in [5.41, 5.74) is 3.21. The summed E-state index contributed by atoms with van der Waals surface area (Å²) in [5, 5.41) is 3.34. The van der Waals surface area contributed by atoms with Crippen molar-refractivity contribution in [1.29, 1.82) is 0 Å². The van der Waals surface area contributed by atoms with E-state index in [9.17, 15) is 0 Å². The van der Waals surface area contributed by atoms with E-state index in [4.69, 9.17) is 7.85 Å². The molecule has 2 radical (unpaired) electrons. The maximum atomic E-state index is 5.83. The minimum atomic E-state index is 0.600. The van der Waals surface area contributed by atoms with Gasteiger partial charge in [-0.2, -0.15) is 11.3 Å². The van der Waals surface area contributed by atoms with Crippen molar-refractivity contribution in [3.63, 3.8) is 0 Å². The van der Waals surface area contributed by atoms with Gasteiger partial charge in [-0.15, -0.1) is 0 Å². The number of benzene rings is 1. The van der Waals surface area contributed by atoms with Crippen LogP contribution < -0.4 is 10.1 Å². The first-order valence-electron chi connectivity index (χ1n) is 9.43. The number of aromatic nitrogens is 2. The summed E-state index contributed by atoms with van der Waals surface area (Å²) < 4.78 is 0.790. The zero-order valence-corrected chi connectivity index (χ0v) is 16.4. The maximum absolute atomic E-state index is 5.83. The summed E-state index contributed by atoms with van der Waals surface area (Å²) in [7, 11) is 5.83. The van der Waals surface area contributed by atoms with Gasteiger partial charge in [0.1, 0.15) is 7.85 Å². The van der Waals surface area contributed by atoms with Gasteiger partial charge in [0, 0.05) is 18.4 Å². The summed E-state index contributed by atoms with van der Waals surface area (Å²) in [6.45, 7) is 5.72. The first-order valence-corrected chi connectivity index (χ1v) is 10.2. The number of piperidine rings is 1. The first kappa shape index (κ1) is 18.2. The molecule has 1 saturated heterocycles. The van der Waals surface area contributed by atoms with Gasteiger partial charge in [-0.05, 0) is 66.5 Å². The quantitative estimate of drug-likeness (QED) is 0.686. The number of nitrogens with zero attached hydrogens (tertiary/aromatic N) is 3. The Morgan fingerprint density at radius 1 is 1.19 bits per heavy atom. The average Bonchev–Trinajstić information content (AvgIpc) is 3.11. The molecule has 0 aliphatic carbocycles. The minimum Gasteiger partial charge on any atom is -0.324 e. The lowest BCUT2D eigenvalue weighted by molar-refractivity contribution is 0.185. The zero-order valence-electron chi connectivity index (χ0n) is 15.6. The van der Waals surface area contributed by atoms with Crippen LogP contribution in [0.25, 0.3) is 10.6 Å². The van der Waals surface area contributed by atoms with Crippen LogP contribution in [0.5, 0.6) is 0 Å². The van der Waals surface area contributed by atoms with E-state index in [1.165, 1.54) is 42.8 Å². The molecule has 0 unspecified atom stereocenters. The molecule has 6 heteroatoms. The smallest absolute Gasteiger partial charge is 0.227 e. The van der Waals surface area contributed by atoms with Gasteiger partial charge in [0.15, 0.2) is 0 Å². The lowest BCUT2D eigenvalue weighted by Crippen LogP contribution is -2.32. The molecule has 1 N–H and O–H groups in total. The Morgan fingerprint density at radius 2 is 2.04 bits per heavy atom. The van der Waals surface area contributed by atoms with Gasteiger partial charge in [0.25, 0.3) is 0 Å². The number of hydrogen-bond acceptors (Lipinski definition) is 5. The molecule has 0 atom stereocenters. The molecular formula is C21H23BN4S. The van der Waals surface area contributed by atoms with Crippen molar-refractivity contribution >= 4 is 35.6 Å². The Balaban J connectivity index is 1.45. The van der Waals surface area contributed by atoms with Crippen LogP contribution in [0, 0.1) is 5.92 Å². The summed E-state index contributed by atoms with van der Waals surface area (Å²) in [5.74, 6) is 1.46. The maximum Gasteiger partial charge on any atom is 0.227 e. The third kappa shape index (κ3) is 4.76. The number of nitrogens with one attached hydrogen (secondary N) is 1. The fourth-order valence-corrected chi connectivity index (χ4v) is 4.15. The third-order valence-electron chi connectivity index (χ3n) is 5.00. The van der Waals surface area contributed by atoms with Gasteiger partial charge >= 0.3 is 0 Å². The normalized spacial score (nSPS) is 15.7. The van der Waals surface area contributed by atoms with Crippen molar-refractivity contribution in [3.8, 4) is 10.6 Å². The van der Waals surface area contributed by atoms with Crippen LogP contribution in [0.1, 0.15) is 25.3 Å². The molecule has 0 amide bonds. The van der Waals surface area contributed by atoms with E-state index >= 15 is 0 Å². The highest BCUT2D eigenvalue weighted by atomic mass is 32.1. The number of likely N-dealkylation sites (tertiary alicyclic amines) is 1. The van der Waals surface area contributed by atoms with Crippen molar-refractivity contribution in [1.82, 2.24) is 14.9 Å². The first-order chi connectivity index (χ1) is 13.2. The Hall–Kier alpha value is -2.18. The molecule has 1 aliphatic heterocycles. The molecule has 4 rings (SSSR count). The van der Waals surface area contributed by atoms with Crippen molar-refractivity contribution in [2.24, 2.45) is 5.92 Å². The largest absolute Gasteiger partial charge is 0.324 e. The monoisotopic (exact) mass is 374 g/mol. The van der Waals surface area contributed by atoms with Crippen LogP contribution >= 0.6 is 11.3 Å². The fourth-order valence-electron chi connectivity index (χ4n) is 3.40. The van der Waals surface area contributed by atoms with E-state index in [1.807, 2.05) is 18.2 Å². The third-order valence-corrected chi connectivity index (χ3v) is 5.94. The second-order valence-corrected chi connectivity index (χ2v) is 8.37. The standard InChI is InChI=1S/C21H23BN4S/c1-15-8-11-26(12-9-15)14-16-3-2-4-17(13-16)24-21-23-10-7-18(25-21)19-5-6-20(22)27-19/h2-7,10,13,15H,8-9,11-12,14H2,1H3,(H,23,24,25). The number of anilines is 2. The van der Waals surface area contributed by atoms with E-state index in [1.54, 1.807) is 6.20 Å². The SMILES string of the molecule is [B]c1ccc(-c2ccnc(Nc3cccc(CN4CCC(C)CC4)c3)n2)s1. The second-order valence-electron chi connectivity index (χ2n) is 7.25. The predicted molar refractivity (Wildman–Crippen MR) is 114 cm³/mol. The predicted octanol–water partition coefficient (Wildman–Crippen LogP) is 3.97. The molecule has 0 spiro atoms. The summed E-state index contributed by atoms with van der Waals surface area (Å²) >= 11 is 1.53. The van der Waals surface area contributed by atoms with Crippen molar-refractivity contribution in [2.75, 3.05) is 18.4 Å². The highest BCUT2D eigenvalue weighted by Crippen LogP contribution is 2.23. The molecule has 1 fully saturated rings. The summed E-state index contributed by atoms with van der Waals surface area (Å²) in [6.07, 6.45) is 4.37. The van der Waals surface area contributed by atoms with Crippen molar-refractivity contribution in [2.45, 2.75) is 26.3 Å². The molecule has 1 aliphatic rings. The zero-order chi connectivity index (χ0) is 18.6. The van der Waals surface area contributed by atoms with Crippen molar-refractivity contribution < 1.29 is 0 Å². The summed E-state index contributed by atoms with van der Waals surface area (Å²) in [4.78, 5) is 12.6. The molecule has 0 bridgehead atoms. The van der Waals surface area contributed by atoms with E-state index in [0.717, 1.165) is 33.5 Å². The van der Waals surface area contributed by atoms with E-state index < -0.39 is 0 Å². The molecule has 4 nitrogen and oxygen atoms in total. The highest BCUT2D eigenvalue weighted by molar-refractivity contribution is 7.23. The van der Waals surface area contributed by atoms with Crippen LogP contribution in [0.2, 0.25) is 0 Å². The lowest BCUT2D eigenvalue weighted by Gasteiger charge is -2.30. The van der Waals surface area contributed by atoms with E-state index in [2.05, 4.69) is 51.4 Å². The van der Waals surface area contributed by atoms with E-state index in [-0.39, 0.29) is 0 Å². The van der Waals surface area contributed by atoms with Gasteiger partial charge in [0.2, 0.25) is 5.95 Å². The lowest BCUT2D eigenvalue weighted by atomic mass is 9.99. The average molecular weight is 374 g/mol. The summed E-state index contributed by atoms with van der Waals surface area (Å²) in [6, 6.07) is 14.3. The molecule has 136 valence electrons. The number of rotatable bonds is 5. The van der Waals surface area contributed by atoms with E-state index in [0.29, 0.717) is 5.95 Å². The molecule has 0 saturated carbocycles. The highest BCUT2D eigenvalue weighted by Gasteiger charge is 2.15. The van der Waals surface area contributed by atoms with Crippen LogP contribution in [0.3, 0.4) is 0 Å². The molecule has 3 heterocycles. The van der Waals surface area contributed by atoms with Crippen LogP contribution in [-0.2, 0) is 6.54 Å². The Kier molecular flexibility index (Phi) is 5.55. The van der Waals surface area contributed by atoms with Crippen LogP contribution in [0.4, 0.5) is 11.6 Å². The van der Waals surface area contributed by atoms with Gasteiger partial charge in [-0.25, -0.2) is 9.97 Å². The Bertz CT molecular complexity index is 902.